The number of fused-ring (bicyclic) bond motifs is 6. The van der Waals surface area contributed by atoms with Gasteiger partial charge < -0.3 is 9.80 Å². The number of nitrogens with zero attached hydrogens (tertiary/aromatic N) is 2. The topological polar surface area (TPSA) is 6.48 Å². The van der Waals surface area contributed by atoms with Crippen molar-refractivity contribution in [2.24, 2.45) is 17.8 Å². The van der Waals surface area contributed by atoms with Gasteiger partial charge in [0.25, 0.3) is 6.71 Å². The third-order valence-electron chi connectivity index (χ3n) is 16.3. The van der Waals surface area contributed by atoms with Crippen LogP contribution in [-0.4, -0.2) is 18.8 Å². The van der Waals surface area contributed by atoms with E-state index in [1.807, 2.05) is 0 Å². The molecule has 2 nitrogen and oxygen atoms in total. The van der Waals surface area contributed by atoms with Gasteiger partial charge in [-0.1, -0.05) is 141 Å². The molecule has 56 heavy (non-hydrogen) atoms. The van der Waals surface area contributed by atoms with Gasteiger partial charge in [-0.05, 0) is 153 Å². The largest absolute Gasteiger partial charge is 0.339 e. The Morgan fingerprint density at radius 1 is 0.625 bits per heavy atom. The summed E-state index contributed by atoms with van der Waals surface area (Å²) in [5.41, 5.74) is 19.1. The van der Waals surface area contributed by atoms with Crippen molar-refractivity contribution in [1.29, 1.82) is 0 Å². The van der Waals surface area contributed by atoms with E-state index in [2.05, 4.69) is 143 Å². The summed E-state index contributed by atoms with van der Waals surface area (Å²) in [6.07, 6.45) is 15.6. The van der Waals surface area contributed by atoms with Crippen LogP contribution in [0.4, 0.5) is 22.7 Å². The van der Waals surface area contributed by atoms with Crippen molar-refractivity contribution in [1.82, 2.24) is 0 Å². The van der Waals surface area contributed by atoms with Gasteiger partial charge in [-0.3, -0.25) is 0 Å². The maximum Gasteiger partial charge on any atom is 0.252 e. The quantitative estimate of drug-likeness (QED) is 0.245. The van der Waals surface area contributed by atoms with Crippen LogP contribution in [0, 0.1) is 24.7 Å². The van der Waals surface area contributed by atoms with Gasteiger partial charge in [-0.15, -0.1) is 0 Å². The Balaban J connectivity index is 1.46. The zero-order chi connectivity index (χ0) is 40.3. The number of aryl methyl sites for hydroxylation is 1. The molecule has 0 unspecified atom stereocenters. The van der Waals surface area contributed by atoms with Crippen LogP contribution in [0.5, 0.6) is 0 Å². The first-order valence-electron chi connectivity index (χ1n) is 23.4. The van der Waals surface area contributed by atoms with Crippen LogP contribution in [0.15, 0.2) is 36.4 Å². The number of rotatable bonds is 4. The lowest BCUT2D eigenvalue weighted by Gasteiger charge is -2.51. The van der Waals surface area contributed by atoms with Gasteiger partial charge in [0.1, 0.15) is 0 Å². The minimum Gasteiger partial charge on any atom is -0.339 e. The van der Waals surface area contributed by atoms with E-state index in [1.165, 1.54) is 98.9 Å². The molecule has 0 aromatic heterocycles. The van der Waals surface area contributed by atoms with E-state index < -0.39 is 0 Å². The van der Waals surface area contributed by atoms with E-state index in [0.717, 1.165) is 12.3 Å². The molecule has 3 heteroatoms. The van der Waals surface area contributed by atoms with Crippen molar-refractivity contribution in [3.05, 3.63) is 64.2 Å². The lowest BCUT2D eigenvalue weighted by atomic mass is 9.32. The van der Waals surface area contributed by atoms with Gasteiger partial charge in [0.2, 0.25) is 0 Å². The van der Waals surface area contributed by atoms with Gasteiger partial charge in [0.15, 0.2) is 0 Å². The molecule has 8 rings (SSSR count). The van der Waals surface area contributed by atoms with Gasteiger partial charge in [-0.2, -0.15) is 0 Å². The fourth-order valence-corrected chi connectivity index (χ4v) is 13.2. The summed E-state index contributed by atoms with van der Waals surface area (Å²) in [5.74, 6) is 2.02. The molecule has 2 heterocycles. The molecule has 3 aromatic carbocycles. The van der Waals surface area contributed by atoms with E-state index in [4.69, 9.17) is 0 Å². The van der Waals surface area contributed by atoms with Crippen LogP contribution in [0.3, 0.4) is 0 Å². The third-order valence-corrected chi connectivity index (χ3v) is 16.3. The summed E-state index contributed by atoms with van der Waals surface area (Å²) in [5, 5.41) is 0. The first kappa shape index (κ1) is 40.1. The number of hydrogen-bond donors (Lipinski definition) is 0. The minimum atomic E-state index is 0.143. The average molecular weight is 753 g/mol. The summed E-state index contributed by atoms with van der Waals surface area (Å²) >= 11 is 0. The molecule has 1 saturated carbocycles. The SMILES string of the molecule is CC[C@H](C(C)C)N1c2cc3c(cc2B2c4cc5c(cc4N([C@H]4CCCC[C@@H](C)CCCC[C@H]4C)c4cc(C)cc1c42)C(C)(C)CC5(C)C)C(C)(C)CCC3(C)C. The highest BCUT2D eigenvalue weighted by Crippen LogP contribution is 2.53. The highest BCUT2D eigenvalue weighted by atomic mass is 15.2. The fraction of sp³-hybridized carbons (Fsp3) is 0.660. The van der Waals surface area contributed by atoms with E-state index in [1.54, 1.807) is 38.6 Å². The van der Waals surface area contributed by atoms with Crippen molar-refractivity contribution in [2.45, 2.75) is 208 Å². The van der Waals surface area contributed by atoms with Gasteiger partial charge in [-0.25, -0.2) is 0 Å². The molecule has 1 fully saturated rings. The Morgan fingerprint density at radius 3 is 1.73 bits per heavy atom. The van der Waals surface area contributed by atoms with Crippen molar-refractivity contribution in [3.8, 4) is 0 Å². The highest BCUT2D eigenvalue weighted by Gasteiger charge is 2.50. The molecule has 2 aliphatic heterocycles. The standard InChI is InChI=1S/C53H77BN2/c1-15-43(33(2)3)55-45-30-39-37(50(7,8)24-25-51(39,9)10)28-41(45)54-42-29-38-40(53(13,14)32-52(38,11)12)31-46(42)56(48-27-35(5)26-47(55)49(48)54)44-23-19-17-21-34(4)20-16-18-22-36(44)6/h26-31,33-34,36,43-44H,15-25,32H2,1-14H3/t34-,36+,43+,44-/m0/s1. The second-order valence-corrected chi connectivity index (χ2v) is 23.0. The van der Waals surface area contributed by atoms with E-state index in [0.29, 0.717) is 23.9 Å². The molecular weight excluding hydrogens is 675 g/mol. The monoisotopic (exact) mass is 753 g/mol. The molecule has 4 atom stereocenters. The van der Waals surface area contributed by atoms with Crippen LogP contribution >= 0.6 is 0 Å². The van der Waals surface area contributed by atoms with Crippen molar-refractivity contribution >= 4 is 45.9 Å². The normalized spacial score (nSPS) is 26.4. The first-order valence-corrected chi connectivity index (χ1v) is 23.4. The third kappa shape index (κ3) is 6.42. The molecule has 3 aromatic rings. The van der Waals surface area contributed by atoms with E-state index in [-0.39, 0.29) is 28.4 Å². The molecular formula is C53H77BN2. The molecule has 3 aliphatic carbocycles. The predicted octanol–water partition coefficient (Wildman–Crippen LogP) is 12.9. The van der Waals surface area contributed by atoms with Gasteiger partial charge in [0.05, 0.1) is 0 Å². The lowest BCUT2D eigenvalue weighted by molar-refractivity contribution is 0.332. The maximum absolute atomic E-state index is 2.98. The number of hydrogen-bond acceptors (Lipinski definition) is 2. The van der Waals surface area contributed by atoms with Crippen LogP contribution in [0.2, 0.25) is 0 Å². The number of benzene rings is 3. The van der Waals surface area contributed by atoms with E-state index in [9.17, 15) is 0 Å². The van der Waals surface area contributed by atoms with Crippen molar-refractivity contribution in [3.63, 3.8) is 0 Å². The molecule has 5 aliphatic rings. The predicted molar refractivity (Wildman–Crippen MR) is 247 cm³/mol. The Kier molecular flexibility index (Phi) is 10.0. The zero-order valence-electron chi connectivity index (χ0n) is 38.3. The fourth-order valence-electron chi connectivity index (χ4n) is 13.2. The molecule has 0 saturated heterocycles. The second-order valence-electron chi connectivity index (χ2n) is 23.0. The Labute approximate surface area is 344 Å². The maximum atomic E-state index is 2.98. The molecule has 0 bridgehead atoms. The number of anilines is 4. The van der Waals surface area contributed by atoms with Crippen LogP contribution in [-0.2, 0) is 21.7 Å². The zero-order valence-corrected chi connectivity index (χ0v) is 38.3. The lowest BCUT2D eigenvalue weighted by Crippen LogP contribution is -2.65. The van der Waals surface area contributed by atoms with Gasteiger partial charge >= 0.3 is 0 Å². The second kappa shape index (κ2) is 14.0. The van der Waals surface area contributed by atoms with Crippen molar-refractivity contribution < 1.29 is 0 Å². The summed E-state index contributed by atoms with van der Waals surface area (Å²) in [4.78, 5) is 5.86. The summed E-state index contributed by atoms with van der Waals surface area (Å²) in [6.45, 7) is 35.3. The summed E-state index contributed by atoms with van der Waals surface area (Å²) < 4.78 is 0. The van der Waals surface area contributed by atoms with Gasteiger partial charge in [0, 0.05) is 34.8 Å². The first-order chi connectivity index (χ1) is 26.3. The summed E-state index contributed by atoms with van der Waals surface area (Å²) in [7, 11) is 0. The molecule has 0 radical (unpaired) electrons. The molecule has 302 valence electrons. The van der Waals surface area contributed by atoms with Crippen molar-refractivity contribution in [2.75, 3.05) is 9.80 Å². The van der Waals surface area contributed by atoms with Crippen LogP contribution in [0.25, 0.3) is 0 Å². The Bertz CT molecular complexity index is 1990. The smallest absolute Gasteiger partial charge is 0.252 e. The summed E-state index contributed by atoms with van der Waals surface area (Å²) in [6, 6.07) is 17.1. The Hall–Kier alpha value is -2.68. The van der Waals surface area contributed by atoms with E-state index >= 15 is 0 Å². The average Bonchev–Trinajstić information content (AvgIpc) is 3.28. The van der Waals surface area contributed by atoms with Crippen LogP contribution in [0.1, 0.15) is 195 Å². The Morgan fingerprint density at radius 2 is 1.12 bits per heavy atom. The van der Waals surface area contributed by atoms with Crippen LogP contribution < -0.4 is 26.2 Å². The molecule has 0 spiro atoms. The molecule has 0 N–H and O–H groups in total. The molecule has 0 amide bonds. The minimum absolute atomic E-state index is 0.143. The highest BCUT2D eigenvalue weighted by molar-refractivity contribution is 7.00.